The Bertz CT molecular complexity index is 1130. The summed E-state index contributed by atoms with van der Waals surface area (Å²) in [6.07, 6.45) is 5.60. The van der Waals surface area contributed by atoms with Crippen molar-refractivity contribution in [3.8, 4) is 5.69 Å². The van der Waals surface area contributed by atoms with Crippen LogP contribution in [0.3, 0.4) is 0 Å². The van der Waals surface area contributed by atoms with Gasteiger partial charge >= 0.3 is 0 Å². The van der Waals surface area contributed by atoms with Crippen molar-refractivity contribution in [3.63, 3.8) is 0 Å². The van der Waals surface area contributed by atoms with Gasteiger partial charge < -0.3 is 9.88 Å². The van der Waals surface area contributed by atoms with Gasteiger partial charge in [-0.25, -0.2) is 5.48 Å². The number of aryl methyl sites for hydroxylation is 1. The number of hydrogen-bond acceptors (Lipinski definition) is 5. The highest BCUT2D eigenvalue weighted by molar-refractivity contribution is 14.1. The van der Waals surface area contributed by atoms with Gasteiger partial charge in [0.15, 0.2) is 0 Å². The second-order valence-electron chi connectivity index (χ2n) is 7.50. The fourth-order valence-electron chi connectivity index (χ4n) is 3.19. The summed E-state index contributed by atoms with van der Waals surface area (Å²) in [5.74, 6) is 0.0225. The van der Waals surface area contributed by atoms with Gasteiger partial charge in [0.2, 0.25) is 0 Å². The van der Waals surface area contributed by atoms with E-state index in [0.717, 1.165) is 27.7 Å². The van der Waals surface area contributed by atoms with Crippen LogP contribution in [0.15, 0.2) is 54.9 Å². The predicted molar refractivity (Wildman–Crippen MR) is 126 cm³/mol. The quantitative estimate of drug-likeness (QED) is 0.239. The van der Waals surface area contributed by atoms with E-state index < -0.39 is 10.8 Å². The van der Waals surface area contributed by atoms with E-state index in [0.29, 0.717) is 23.9 Å². The average Bonchev–Trinajstić information content (AvgIpc) is 3.39. The normalized spacial score (nSPS) is 13.1. The molecule has 3 aromatic rings. The summed E-state index contributed by atoms with van der Waals surface area (Å²) in [6, 6.07) is 12.2. The van der Waals surface area contributed by atoms with Crippen LogP contribution < -0.4 is 10.8 Å². The lowest BCUT2D eigenvalue weighted by molar-refractivity contribution is -0.384. The molecule has 8 nitrogen and oxygen atoms in total. The first-order valence-corrected chi connectivity index (χ1v) is 10.9. The zero-order valence-electron chi connectivity index (χ0n) is 16.8. The minimum Gasteiger partial charge on any atom is -0.354 e. The van der Waals surface area contributed by atoms with Crippen molar-refractivity contribution in [2.75, 3.05) is 11.9 Å². The second kappa shape index (κ2) is 9.06. The SMILES string of the molecule is Cc1cc(I)ccc1Nc1cc([N+](=O)[O-])c(-n2cccc2)cc1C(=O)NOCC1CC1. The van der Waals surface area contributed by atoms with Gasteiger partial charge in [0, 0.05) is 27.7 Å². The second-order valence-corrected chi connectivity index (χ2v) is 8.75. The van der Waals surface area contributed by atoms with Crippen LogP contribution in [-0.2, 0) is 4.84 Å². The molecule has 1 fully saturated rings. The molecule has 2 aromatic carbocycles. The number of aromatic nitrogens is 1. The Balaban J connectivity index is 1.75. The van der Waals surface area contributed by atoms with E-state index in [2.05, 4.69) is 33.4 Å². The van der Waals surface area contributed by atoms with Gasteiger partial charge in [0.25, 0.3) is 11.6 Å². The third-order valence-corrected chi connectivity index (χ3v) is 5.75. The number of nitro benzene ring substituents is 1. The van der Waals surface area contributed by atoms with E-state index in [-0.39, 0.29) is 11.3 Å². The number of benzene rings is 2. The molecule has 9 heteroatoms. The summed E-state index contributed by atoms with van der Waals surface area (Å²) in [5, 5.41) is 15.0. The molecule has 1 aromatic heterocycles. The highest BCUT2D eigenvalue weighted by atomic mass is 127. The molecule has 1 aliphatic carbocycles. The van der Waals surface area contributed by atoms with Gasteiger partial charge in [0.05, 0.1) is 22.8 Å². The molecule has 0 spiro atoms. The van der Waals surface area contributed by atoms with Crippen LogP contribution in [0.25, 0.3) is 5.69 Å². The Morgan fingerprint density at radius 1 is 1.23 bits per heavy atom. The van der Waals surface area contributed by atoms with Crippen molar-refractivity contribution < 1.29 is 14.6 Å². The van der Waals surface area contributed by atoms with Crippen LogP contribution >= 0.6 is 22.6 Å². The summed E-state index contributed by atoms with van der Waals surface area (Å²) >= 11 is 2.22. The molecule has 1 saturated carbocycles. The Labute approximate surface area is 192 Å². The van der Waals surface area contributed by atoms with Crippen molar-refractivity contribution >= 4 is 45.6 Å². The summed E-state index contributed by atoms with van der Waals surface area (Å²) in [7, 11) is 0. The van der Waals surface area contributed by atoms with E-state index in [9.17, 15) is 14.9 Å². The molecule has 160 valence electrons. The Kier molecular flexibility index (Phi) is 6.23. The lowest BCUT2D eigenvalue weighted by Crippen LogP contribution is -2.26. The van der Waals surface area contributed by atoms with Gasteiger partial charge in [-0.1, -0.05) is 0 Å². The first kappa shape index (κ1) is 21.3. The monoisotopic (exact) mass is 532 g/mol. The molecule has 0 saturated heterocycles. The van der Waals surface area contributed by atoms with Crippen molar-refractivity contribution in [1.82, 2.24) is 10.0 Å². The first-order chi connectivity index (χ1) is 14.9. The van der Waals surface area contributed by atoms with Crippen molar-refractivity contribution in [2.24, 2.45) is 5.92 Å². The van der Waals surface area contributed by atoms with E-state index in [1.54, 1.807) is 29.1 Å². The minimum atomic E-state index is -0.463. The third-order valence-electron chi connectivity index (χ3n) is 5.08. The molecule has 0 unspecified atom stereocenters. The Morgan fingerprint density at radius 3 is 2.61 bits per heavy atom. The van der Waals surface area contributed by atoms with Crippen LogP contribution in [-0.4, -0.2) is 22.0 Å². The number of amides is 1. The van der Waals surface area contributed by atoms with Crippen LogP contribution in [0.2, 0.25) is 0 Å². The summed E-state index contributed by atoms with van der Waals surface area (Å²) in [6.45, 7) is 2.40. The molecule has 1 heterocycles. The maximum absolute atomic E-state index is 12.9. The maximum atomic E-state index is 12.9. The van der Waals surface area contributed by atoms with E-state index >= 15 is 0 Å². The number of anilines is 2. The number of carbonyl (C=O) groups excluding carboxylic acids is 1. The Hall–Kier alpha value is -2.92. The van der Waals surface area contributed by atoms with Gasteiger partial charge in [0.1, 0.15) is 5.69 Å². The highest BCUT2D eigenvalue weighted by Crippen LogP contribution is 2.33. The number of rotatable bonds is 8. The summed E-state index contributed by atoms with van der Waals surface area (Å²) in [4.78, 5) is 29.7. The molecule has 0 aliphatic heterocycles. The Morgan fingerprint density at radius 2 is 1.97 bits per heavy atom. The van der Waals surface area contributed by atoms with Crippen LogP contribution in [0.1, 0.15) is 28.8 Å². The molecule has 31 heavy (non-hydrogen) atoms. The van der Waals surface area contributed by atoms with Crippen molar-refractivity contribution in [2.45, 2.75) is 19.8 Å². The number of hydroxylamine groups is 1. The molecular formula is C22H21IN4O4. The van der Waals surface area contributed by atoms with Gasteiger partial charge in [-0.2, -0.15) is 0 Å². The third kappa shape index (κ3) is 5.05. The standard InChI is InChI=1S/C22H21IN4O4/c1-14-10-16(23)6-7-18(14)24-19-12-21(27(29)30)20(26-8-2-3-9-26)11-17(19)22(28)25-31-13-15-4-5-15/h2-3,6-12,15,24H,4-5,13H2,1H3,(H,25,28). The fourth-order valence-corrected chi connectivity index (χ4v) is 3.84. The first-order valence-electron chi connectivity index (χ1n) is 9.83. The highest BCUT2D eigenvalue weighted by Gasteiger charge is 2.25. The van der Waals surface area contributed by atoms with Crippen LogP contribution in [0.4, 0.5) is 17.1 Å². The molecule has 0 atom stereocenters. The zero-order chi connectivity index (χ0) is 22.0. The molecule has 4 rings (SSSR count). The van der Waals surface area contributed by atoms with Gasteiger partial charge in [-0.3, -0.25) is 19.7 Å². The molecule has 1 amide bonds. The predicted octanol–water partition coefficient (Wildman–Crippen LogP) is 5.11. The smallest absolute Gasteiger partial charge is 0.295 e. The molecular weight excluding hydrogens is 511 g/mol. The number of hydrogen-bond donors (Lipinski definition) is 2. The number of carbonyl (C=O) groups is 1. The maximum Gasteiger partial charge on any atom is 0.295 e. The van der Waals surface area contributed by atoms with Gasteiger partial charge in [-0.15, -0.1) is 0 Å². The van der Waals surface area contributed by atoms with E-state index in [4.69, 9.17) is 4.84 Å². The van der Waals surface area contributed by atoms with Crippen molar-refractivity contribution in [1.29, 1.82) is 0 Å². The molecule has 0 bridgehead atoms. The number of nitrogens with zero attached hydrogens (tertiary/aromatic N) is 2. The number of halogens is 1. The van der Waals surface area contributed by atoms with E-state index in [1.165, 1.54) is 12.1 Å². The average molecular weight is 532 g/mol. The largest absolute Gasteiger partial charge is 0.354 e. The molecule has 1 aliphatic rings. The number of nitro groups is 1. The summed E-state index contributed by atoms with van der Waals surface area (Å²) < 4.78 is 2.68. The topological polar surface area (TPSA) is 98.4 Å². The van der Waals surface area contributed by atoms with Gasteiger partial charge in [-0.05, 0) is 90.2 Å². The molecule has 2 N–H and O–H groups in total. The minimum absolute atomic E-state index is 0.114. The van der Waals surface area contributed by atoms with Crippen molar-refractivity contribution in [3.05, 3.63) is 79.7 Å². The number of nitrogens with one attached hydrogen (secondary N) is 2. The van der Waals surface area contributed by atoms with Crippen LogP contribution in [0, 0.1) is 26.5 Å². The molecule has 0 radical (unpaired) electrons. The van der Waals surface area contributed by atoms with Crippen LogP contribution in [0.5, 0.6) is 0 Å². The fraction of sp³-hybridized carbons (Fsp3) is 0.227. The summed E-state index contributed by atoms with van der Waals surface area (Å²) in [5.41, 5.74) is 4.97. The lowest BCUT2D eigenvalue weighted by Gasteiger charge is -2.16. The van der Waals surface area contributed by atoms with E-state index in [1.807, 2.05) is 25.1 Å². The zero-order valence-corrected chi connectivity index (χ0v) is 19.0. The lowest BCUT2D eigenvalue weighted by atomic mass is 10.1.